The number of thioether (sulfide) groups is 1. The summed E-state index contributed by atoms with van der Waals surface area (Å²) in [6.07, 6.45) is 0.313. The number of para-hydroxylation sites is 1. The first-order valence-corrected chi connectivity index (χ1v) is 9.98. The number of amides is 1. The summed E-state index contributed by atoms with van der Waals surface area (Å²) in [5.41, 5.74) is 0.444. The lowest BCUT2D eigenvalue weighted by molar-refractivity contribution is -0.115. The van der Waals surface area contributed by atoms with Crippen LogP contribution in [0.15, 0.2) is 40.9 Å². The lowest BCUT2D eigenvalue weighted by atomic mass is 10.3. The van der Waals surface area contributed by atoms with Crippen molar-refractivity contribution in [3.63, 3.8) is 0 Å². The molecule has 0 aliphatic heterocycles. The third-order valence-corrected chi connectivity index (χ3v) is 5.88. The number of rotatable bonds is 6. The summed E-state index contributed by atoms with van der Waals surface area (Å²) >= 11 is 15.2. The molecule has 130 valence electrons. The maximum atomic E-state index is 12.1. The molecule has 25 heavy (non-hydrogen) atoms. The Kier molecular flexibility index (Phi) is 6.01. The molecule has 3 aromatic rings. The van der Waals surface area contributed by atoms with Crippen molar-refractivity contribution in [2.24, 2.45) is 7.05 Å². The lowest BCUT2D eigenvalue weighted by Crippen LogP contribution is -2.13. The van der Waals surface area contributed by atoms with Crippen LogP contribution in [0.2, 0.25) is 10.0 Å². The fourth-order valence-corrected chi connectivity index (χ4v) is 4.20. The van der Waals surface area contributed by atoms with Crippen LogP contribution in [-0.2, 0) is 11.8 Å². The number of nitrogens with zero attached hydrogens (tertiary/aromatic N) is 3. The van der Waals surface area contributed by atoms with Gasteiger partial charge in [-0.3, -0.25) is 4.79 Å². The molecule has 9 heteroatoms. The van der Waals surface area contributed by atoms with E-state index in [0.717, 1.165) is 15.9 Å². The van der Waals surface area contributed by atoms with Crippen LogP contribution in [-0.4, -0.2) is 26.4 Å². The number of benzene rings is 1. The number of carbonyl (C=O) groups excluding carboxylic acids is 1. The Morgan fingerprint density at radius 1 is 1.24 bits per heavy atom. The van der Waals surface area contributed by atoms with Gasteiger partial charge in [-0.15, -0.1) is 21.5 Å². The number of hydrogen-bond donors (Lipinski definition) is 1. The molecule has 0 atom stereocenters. The summed E-state index contributed by atoms with van der Waals surface area (Å²) in [6, 6.07) is 9.08. The Morgan fingerprint density at radius 2 is 2.00 bits per heavy atom. The summed E-state index contributed by atoms with van der Waals surface area (Å²) in [5.74, 6) is 1.25. The van der Waals surface area contributed by atoms with E-state index in [-0.39, 0.29) is 5.91 Å². The van der Waals surface area contributed by atoms with Crippen molar-refractivity contribution in [1.82, 2.24) is 14.8 Å². The van der Waals surface area contributed by atoms with Gasteiger partial charge in [0.05, 0.1) is 20.6 Å². The lowest BCUT2D eigenvalue weighted by Gasteiger charge is -2.08. The average Bonchev–Trinajstić information content (AvgIpc) is 3.22. The Balaban J connectivity index is 1.56. The van der Waals surface area contributed by atoms with Crippen LogP contribution in [0.4, 0.5) is 5.69 Å². The van der Waals surface area contributed by atoms with E-state index in [1.807, 2.05) is 29.1 Å². The number of nitrogens with one attached hydrogen (secondary N) is 1. The van der Waals surface area contributed by atoms with Gasteiger partial charge in [0.25, 0.3) is 0 Å². The number of carbonyl (C=O) groups is 1. The molecule has 0 unspecified atom stereocenters. The van der Waals surface area contributed by atoms with E-state index >= 15 is 0 Å². The first kappa shape index (κ1) is 18.3. The summed E-state index contributed by atoms with van der Waals surface area (Å²) in [6.45, 7) is 0. The fraction of sp³-hybridized carbons (Fsp3) is 0.188. The van der Waals surface area contributed by atoms with Crippen LogP contribution >= 0.6 is 46.3 Å². The molecule has 1 N–H and O–H groups in total. The van der Waals surface area contributed by atoms with Crippen molar-refractivity contribution in [3.8, 4) is 10.7 Å². The molecule has 5 nitrogen and oxygen atoms in total. The van der Waals surface area contributed by atoms with Gasteiger partial charge >= 0.3 is 0 Å². The van der Waals surface area contributed by atoms with Crippen LogP contribution in [0.5, 0.6) is 0 Å². The van der Waals surface area contributed by atoms with E-state index in [9.17, 15) is 4.79 Å². The maximum Gasteiger partial charge on any atom is 0.225 e. The van der Waals surface area contributed by atoms with Crippen LogP contribution < -0.4 is 5.32 Å². The standard InChI is InChI=1S/C16H14Cl2N4OS2/c1-22-15(12-6-3-8-24-12)20-21-16(22)25-9-7-13(23)19-14-10(17)4-2-5-11(14)18/h2-6,8H,7,9H2,1H3,(H,19,23). The van der Waals surface area contributed by atoms with Crippen molar-refractivity contribution in [1.29, 1.82) is 0 Å². The van der Waals surface area contributed by atoms with Crippen molar-refractivity contribution in [2.75, 3.05) is 11.1 Å². The number of hydrogen-bond acceptors (Lipinski definition) is 5. The Hall–Kier alpha value is -1.54. The summed E-state index contributed by atoms with van der Waals surface area (Å²) in [5, 5.41) is 14.8. The minimum absolute atomic E-state index is 0.150. The highest BCUT2D eigenvalue weighted by Crippen LogP contribution is 2.30. The zero-order valence-electron chi connectivity index (χ0n) is 13.2. The SMILES string of the molecule is Cn1c(SCCC(=O)Nc2c(Cl)cccc2Cl)nnc1-c1cccs1. The second-order valence-electron chi connectivity index (χ2n) is 5.09. The number of halogens is 2. The van der Waals surface area contributed by atoms with E-state index in [1.54, 1.807) is 29.5 Å². The van der Waals surface area contributed by atoms with Crippen molar-refractivity contribution < 1.29 is 4.79 Å². The normalized spacial score (nSPS) is 10.8. The average molecular weight is 413 g/mol. The highest BCUT2D eigenvalue weighted by molar-refractivity contribution is 7.99. The molecule has 0 bridgehead atoms. The van der Waals surface area contributed by atoms with Crippen molar-refractivity contribution in [2.45, 2.75) is 11.6 Å². The van der Waals surface area contributed by atoms with E-state index in [4.69, 9.17) is 23.2 Å². The second kappa shape index (κ2) is 8.23. The van der Waals surface area contributed by atoms with Gasteiger partial charge in [0.2, 0.25) is 5.91 Å². The number of aromatic nitrogens is 3. The van der Waals surface area contributed by atoms with Gasteiger partial charge in [-0.25, -0.2) is 0 Å². The highest BCUT2D eigenvalue weighted by Gasteiger charge is 2.13. The van der Waals surface area contributed by atoms with Gasteiger partial charge in [-0.2, -0.15) is 0 Å². The highest BCUT2D eigenvalue weighted by atomic mass is 35.5. The zero-order valence-corrected chi connectivity index (χ0v) is 16.3. The van der Waals surface area contributed by atoms with Crippen LogP contribution in [0.1, 0.15) is 6.42 Å². The molecule has 0 aliphatic rings. The van der Waals surface area contributed by atoms with E-state index in [1.165, 1.54) is 11.8 Å². The maximum absolute atomic E-state index is 12.1. The molecule has 0 radical (unpaired) electrons. The van der Waals surface area contributed by atoms with Gasteiger partial charge in [0, 0.05) is 19.2 Å². The van der Waals surface area contributed by atoms with Gasteiger partial charge < -0.3 is 9.88 Å². The topological polar surface area (TPSA) is 59.8 Å². The first-order valence-electron chi connectivity index (χ1n) is 7.36. The largest absolute Gasteiger partial charge is 0.324 e. The molecule has 0 spiro atoms. The van der Waals surface area contributed by atoms with Gasteiger partial charge in [-0.1, -0.05) is 47.1 Å². The van der Waals surface area contributed by atoms with Crippen molar-refractivity contribution >= 4 is 57.9 Å². The van der Waals surface area contributed by atoms with Crippen LogP contribution in [0.3, 0.4) is 0 Å². The van der Waals surface area contributed by atoms with Gasteiger partial charge in [-0.05, 0) is 23.6 Å². The third-order valence-electron chi connectivity index (χ3n) is 3.36. The zero-order chi connectivity index (χ0) is 17.8. The minimum Gasteiger partial charge on any atom is -0.324 e. The molecule has 2 heterocycles. The predicted octanol–water partition coefficient (Wildman–Crippen LogP) is 4.97. The smallest absolute Gasteiger partial charge is 0.225 e. The van der Waals surface area contributed by atoms with Gasteiger partial charge in [0.1, 0.15) is 0 Å². The Morgan fingerprint density at radius 3 is 2.68 bits per heavy atom. The minimum atomic E-state index is -0.150. The summed E-state index contributed by atoms with van der Waals surface area (Å²) in [7, 11) is 1.92. The molecule has 1 aromatic carbocycles. The summed E-state index contributed by atoms with van der Waals surface area (Å²) in [4.78, 5) is 13.2. The second-order valence-corrected chi connectivity index (χ2v) is 7.91. The van der Waals surface area contributed by atoms with E-state index in [0.29, 0.717) is 27.9 Å². The Labute approximate surface area is 163 Å². The molecule has 0 saturated heterocycles. The molecule has 0 aliphatic carbocycles. The fourth-order valence-electron chi connectivity index (χ4n) is 2.12. The molecule has 0 saturated carbocycles. The van der Waals surface area contributed by atoms with Gasteiger partial charge in [0.15, 0.2) is 11.0 Å². The van der Waals surface area contributed by atoms with Crippen LogP contribution in [0.25, 0.3) is 10.7 Å². The number of anilines is 1. The van der Waals surface area contributed by atoms with Crippen molar-refractivity contribution in [3.05, 3.63) is 45.8 Å². The van der Waals surface area contributed by atoms with E-state index < -0.39 is 0 Å². The molecule has 0 fully saturated rings. The summed E-state index contributed by atoms with van der Waals surface area (Å²) < 4.78 is 1.93. The number of thiophene rings is 1. The first-order chi connectivity index (χ1) is 12.1. The van der Waals surface area contributed by atoms with Crippen LogP contribution in [0, 0.1) is 0 Å². The molecular formula is C16H14Cl2N4OS2. The third kappa shape index (κ3) is 4.36. The quantitative estimate of drug-likeness (QED) is 0.580. The van der Waals surface area contributed by atoms with E-state index in [2.05, 4.69) is 15.5 Å². The molecule has 2 aromatic heterocycles. The molecule has 1 amide bonds. The molecule has 3 rings (SSSR count). The predicted molar refractivity (Wildman–Crippen MR) is 105 cm³/mol. The molecular weight excluding hydrogens is 399 g/mol. The Bertz CT molecular complexity index is 860. The monoisotopic (exact) mass is 412 g/mol.